The fraction of sp³-hybridized carbons (Fsp3) is 0.571. The minimum absolute atomic E-state index is 0.169. The van der Waals surface area contributed by atoms with Crippen molar-refractivity contribution in [1.82, 2.24) is 5.32 Å². The van der Waals surface area contributed by atoms with E-state index in [9.17, 15) is 0 Å². The third kappa shape index (κ3) is 5.55. The Morgan fingerprint density at radius 2 is 1.88 bits per heavy atom. The summed E-state index contributed by atoms with van der Waals surface area (Å²) in [6.45, 7) is 9.55. The fourth-order valence-corrected chi connectivity index (χ4v) is 1.60. The van der Waals surface area contributed by atoms with Crippen LogP contribution in [0.1, 0.15) is 34.1 Å². The third-order valence-corrected chi connectivity index (χ3v) is 3.43. The van der Waals surface area contributed by atoms with Crippen molar-refractivity contribution in [2.75, 3.05) is 6.54 Å². The maximum Gasteiger partial charge on any atom is 0.119 e. The van der Waals surface area contributed by atoms with Gasteiger partial charge in [0.05, 0.1) is 0 Å². The van der Waals surface area contributed by atoms with E-state index >= 15 is 0 Å². The molecule has 1 atom stereocenters. The Labute approximate surface area is 113 Å². The van der Waals surface area contributed by atoms with Gasteiger partial charge < -0.3 is 10.1 Å². The van der Waals surface area contributed by atoms with Gasteiger partial charge in [0, 0.05) is 16.6 Å². The molecule has 1 rings (SSSR count). The van der Waals surface area contributed by atoms with E-state index in [4.69, 9.17) is 4.74 Å². The van der Waals surface area contributed by atoms with Gasteiger partial charge in [0.15, 0.2) is 0 Å². The summed E-state index contributed by atoms with van der Waals surface area (Å²) in [7, 11) is 0. The number of ether oxygens (including phenoxy) is 1. The highest BCUT2D eigenvalue weighted by atomic mass is 79.9. The molecule has 1 aromatic rings. The van der Waals surface area contributed by atoms with Crippen LogP contribution in [-0.2, 0) is 0 Å². The van der Waals surface area contributed by atoms with Crippen LogP contribution in [0.25, 0.3) is 0 Å². The van der Waals surface area contributed by atoms with E-state index in [1.807, 2.05) is 24.3 Å². The molecule has 3 heteroatoms. The number of rotatable bonds is 6. The van der Waals surface area contributed by atoms with Crippen LogP contribution >= 0.6 is 15.9 Å². The molecular formula is C14H22BrNO. The lowest BCUT2D eigenvalue weighted by molar-refractivity contribution is 0.199. The van der Waals surface area contributed by atoms with Gasteiger partial charge in [0.2, 0.25) is 0 Å². The Hall–Kier alpha value is -0.540. The number of benzene rings is 1. The second kappa shape index (κ2) is 6.41. The van der Waals surface area contributed by atoms with Crippen LogP contribution in [0.4, 0.5) is 0 Å². The van der Waals surface area contributed by atoms with Crippen LogP contribution in [-0.4, -0.2) is 18.2 Å². The van der Waals surface area contributed by atoms with Crippen LogP contribution in [0.2, 0.25) is 0 Å². The summed E-state index contributed by atoms with van der Waals surface area (Å²) in [5, 5.41) is 3.51. The highest BCUT2D eigenvalue weighted by molar-refractivity contribution is 9.10. The molecule has 1 aromatic carbocycles. The molecule has 0 aliphatic carbocycles. The van der Waals surface area contributed by atoms with Gasteiger partial charge in [-0.3, -0.25) is 0 Å². The predicted molar refractivity (Wildman–Crippen MR) is 76.6 cm³/mol. The lowest BCUT2D eigenvalue weighted by Crippen LogP contribution is -2.43. The number of halogens is 1. The molecule has 0 saturated carbocycles. The standard InChI is InChI=1S/C14H22BrNO/c1-5-14(3,4)16-10-11(2)17-13-8-6-12(15)7-9-13/h6-9,11,16H,5,10H2,1-4H3. The summed E-state index contributed by atoms with van der Waals surface area (Å²) < 4.78 is 6.90. The predicted octanol–water partition coefficient (Wildman–Crippen LogP) is 3.99. The average Bonchev–Trinajstić information content (AvgIpc) is 2.30. The Morgan fingerprint density at radius 3 is 2.41 bits per heavy atom. The van der Waals surface area contributed by atoms with Gasteiger partial charge in [-0.25, -0.2) is 0 Å². The molecule has 0 bridgehead atoms. The lowest BCUT2D eigenvalue weighted by atomic mass is 10.0. The first-order valence-electron chi connectivity index (χ1n) is 6.10. The smallest absolute Gasteiger partial charge is 0.119 e. The van der Waals surface area contributed by atoms with Gasteiger partial charge in [-0.2, -0.15) is 0 Å². The number of hydrogen-bond acceptors (Lipinski definition) is 2. The Bertz CT molecular complexity index is 335. The van der Waals surface area contributed by atoms with E-state index < -0.39 is 0 Å². The van der Waals surface area contributed by atoms with E-state index in [0.29, 0.717) is 0 Å². The van der Waals surface area contributed by atoms with Crippen molar-refractivity contribution < 1.29 is 4.74 Å². The molecule has 2 nitrogen and oxygen atoms in total. The lowest BCUT2D eigenvalue weighted by Gasteiger charge is -2.27. The van der Waals surface area contributed by atoms with Crippen molar-refractivity contribution in [3.05, 3.63) is 28.7 Å². The zero-order valence-corrected chi connectivity index (χ0v) is 12.7. The average molecular weight is 300 g/mol. The first-order chi connectivity index (χ1) is 7.93. The quantitative estimate of drug-likeness (QED) is 0.857. The molecule has 0 aromatic heterocycles. The molecule has 0 spiro atoms. The van der Waals surface area contributed by atoms with Gasteiger partial charge in [0.1, 0.15) is 11.9 Å². The number of hydrogen-bond donors (Lipinski definition) is 1. The number of nitrogens with one attached hydrogen (secondary N) is 1. The monoisotopic (exact) mass is 299 g/mol. The first kappa shape index (κ1) is 14.5. The molecule has 17 heavy (non-hydrogen) atoms. The first-order valence-corrected chi connectivity index (χ1v) is 6.89. The van der Waals surface area contributed by atoms with Crippen LogP contribution < -0.4 is 10.1 Å². The van der Waals surface area contributed by atoms with Crippen molar-refractivity contribution in [2.24, 2.45) is 0 Å². The molecule has 0 radical (unpaired) electrons. The van der Waals surface area contributed by atoms with Crippen LogP contribution in [0.5, 0.6) is 5.75 Å². The zero-order chi connectivity index (χ0) is 12.9. The summed E-state index contributed by atoms with van der Waals surface area (Å²) in [6, 6.07) is 7.94. The maximum absolute atomic E-state index is 5.83. The Balaban J connectivity index is 2.39. The summed E-state index contributed by atoms with van der Waals surface area (Å²) in [4.78, 5) is 0. The normalized spacial score (nSPS) is 13.5. The van der Waals surface area contributed by atoms with Crippen LogP contribution in [0, 0.1) is 0 Å². The third-order valence-electron chi connectivity index (χ3n) is 2.90. The molecule has 0 aliphatic heterocycles. The topological polar surface area (TPSA) is 21.3 Å². The summed E-state index contributed by atoms with van der Waals surface area (Å²) in [5.41, 5.74) is 0.178. The van der Waals surface area contributed by atoms with Crippen molar-refractivity contribution in [3.63, 3.8) is 0 Å². The van der Waals surface area contributed by atoms with E-state index in [-0.39, 0.29) is 11.6 Å². The van der Waals surface area contributed by atoms with Gasteiger partial charge >= 0.3 is 0 Å². The molecular weight excluding hydrogens is 278 g/mol. The summed E-state index contributed by atoms with van der Waals surface area (Å²) >= 11 is 3.41. The second-order valence-corrected chi connectivity index (χ2v) is 5.92. The molecule has 0 heterocycles. The fourth-order valence-electron chi connectivity index (χ4n) is 1.33. The largest absolute Gasteiger partial charge is 0.489 e. The Kier molecular flexibility index (Phi) is 5.47. The van der Waals surface area contributed by atoms with Gasteiger partial charge in [-0.1, -0.05) is 22.9 Å². The minimum atomic E-state index is 0.169. The van der Waals surface area contributed by atoms with E-state index in [0.717, 1.165) is 23.2 Å². The van der Waals surface area contributed by atoms with Crippen molar-refractivity contribution in [2.45, 2.75) is 45.8 Å². The SMILES string of the molecule is CCC(C)(C)NCC(C)Oc1ccc(Br)cc1. The summed E-state index contributed by atoms with van der Waals surface area (Å²) in [5.74, 6) is 0.914. The molecule has 0 fully saturated rings. The van der Waals surface area contributed by atoms with Crippen molar-refractivity contribution in [3.8, 4) is 5.75 Å². The van der Waals surface area contributed by atoms with Gasteiger partial charge in [0.25, 0.3) is 0 Å². The molecule has 0 saturated heterocycles. The van der Waals surface area contributed by atoms with E-state index in [1.54, 1.807) is 0 Å². The molecule has 1 N–H and O–H groups in total. The van der Waals surface area contributed by atoms with Gasteiger partial charge in [-0.15, -0.1) is 0 Å². The minimum Gasteiger partial charge on any atom is -0.489 e. The van der Waals surface area contributed by atoms with Crippen molar-refractivity contribution >= 4 is 15.9 Å². The van der Waals surface area contributed by atoms with E-state index in [1.165, 1.54) is 0 Å². The maximum atomic E-state index is 5.83. The molecule has 0 amide bonds. The van der Waals surface area contributed by atoms with Crippen LogP contribution in [0.15, 0.2) is 28.7 Å². The molecule has 96 valence electrons. The van der Waals surface area contributed by atoms with Crippen molar-refractivity contribution in [1.29, 1.82) is 0 Å². The highest BCUT2D eigenvalue weighted by Gasteiger charge is 2.15. The van der Waals surface area contributed by atoms with E-state index in [2.05, 4.69) is 48.9 Å². The molecule has 0 aliphatic rings. The second-order valence-electron chi connectivity index (χ2n) is 5.00. The van der Waals surface area contributed by atoms with Gasteiger partial charge in [-0.05, 0) is 51.5 Å². The molecule has 1 unspecified atom stereocenters. The highest BCUT2D eigenvalue weighted by Crippen LogP contribution is 2.17. The Morgan fingerprint density at radius 1 is 1.29 bits per heavy atom. The summed E-state index contributed by atoms with van der Waals surface area (Å²) in [6.07, 6.45) is 1.28. The zero-order valence-electron chi connectivity index (χ0n) is 11.1. The van der Waals surface area contributed by atoms with Crippen LogP contribution in [0.3, 0.4) is 0 Å².